The molecule has 12 heteroatoms. The minimum atomic E-state index is -4.32. The number of hydrogen-bond donors (Lipinski definition) is 1. The fourth-order valence-corrected chi connectivity index (χ4v) is 11.4. The van der Waals surface area contributed by atoms with Crippen molar-refractivity contribution in [2.45, 2.75) is 83.5 Å². The summed E-state index contributed by atoms with van der Waals surface area (Å²) in [5.41, 5.74) is 10.4. The van der Waals surface area contributed by atoms with E-state index < -0.39 is 42.6 Å². The van der Waals surface area contributed by atoms with Crippen LogP contribution in [0.25, 0.3) is 27.1 Å². The summed E-state index contributed by atoms with van der Waals surface area (Å²) in [6, 6.07) is 32.7. The second-order valence-corrected chi connectivity index (χ2v) is 21.2. The number of nitrogens with zero attached hydrogens (tertiary/aromatic N) is 2. The van der Waals surface area contributed by atoms with Crippen LogP contribution in [0.5, 0.6) is 5.75 Å². The minimum Gasteiger partial charge on any atom is -0.748 e. The first-order valence-corrected chi connectivity index (χ1v) is 25.1. The van der Waals surface area contributed by atoms with Crippen molar-refractivity contribution in [1.29, 1.82) is 0 Å². The van der Waals surface area contributed by atoms with Gasteiger partial charge in [0.25, 0.3) is 0 Å². The normalized spacial score (nSPS) is 18.4. The van der Waals surface area contributed by atoms with Gasteiger partial charge in [-0.3, -0.25) is 0 Å². The van der Waals surface area contributed by atoms with E-state index in [9.17, 15) is 31.0 Å². The van der Waals surface area contributed by atoms with E-state index >= 15 is 0 Å². The molecule has 0 saturated carbocycles. The van der Waals surface area contributed by atoms with Gasteiger partial charge >= 0.3 is 29.6 Å². The van der Waals surface area contributed by atoms with Crippen molar-refractivity contribution in [3.05, 3.63) is 155 Å². The Kier molecular flexibility index (Phi) is 14.0. The Balaban J connectivity index is 0.00000612. The van der Waals surface area contributed by atoms with E-state index in [0.29, 0.717) is 25.9 Å². The van der Waals surface area contributed by atoms with Crippen molar-refractivity contribution in [1.82, 2.24) is 0 Å². The van der Waals surface area contributed by atoms with Crippen molar-refractivity contribution in [2.75, 3.05) is 29.5 Å². The van der Waals surface area contributed by atoms with Crippen LogP contribution in [0.3, 0.4) is 0 Å². The fourth-order valence-electron chi connectivity index (χ4n) is 10.3. The number of aromatic hydroxyl groups is 1. The third-order valence-electron chi connectivity index (χ3n) is 13.1. The quantitative estimate of drug-likeness (QED) is 0.0522. The van der Waals surface area contributed by atoms with Crippen LogP contribution in [0.2, 0.25) is 0 Å². The smallest absolute Gasteiger partial charge is 0.748 e. The zero-order valence-electron chi connectivity index (χ0n) is 37.4. The third kappa shape index (κ3) is 9.77. The molecule has 0 fully saturated rings. The number of rotatable bonds is 14. The zero-order valence-corrected chi connectivity index (χ0v) is 41.1. The number of unbranched alkanes of at least 4 members (excludes halogenated alkanes) is 2. The summed E-state index contributed by atoms with van der Waals surface area (Å²) in [5.74, 6) is -0.596. The van der Waals surface area contributed by atoms with E-state index in [1.807, 2.05) is 24.3 Å². The van der Waals surface area contributed by atoms with E-state index in [2.05, 4.69) is 122 Å². The molecule has 0 unspecified atom stereocenters. The minimum absolute atomic E-state index is 0. The fraction of sp³-hybridized carbons (Fsp3) is 0.327. The first-order valence-electron chi connectivity index (χ1n) is 21.9. The molecule has 1 N–H and O–H groups in total. The second kappa shape index (κ2) is 18.9. The Morgan fingerprint density at radius 1 is 0.688 bits per heavy atom. The number of hydrogen-bond acceptors (Lipinski definition) is 8. The summed E-state index contributed by atoms with van der Waals surface area (Å²) in [6.45, 7) is 10.1. The molecular formula is C52H55N2NaO7S2. The Morgan fingerprint density at radius 2 is 1.30 bits per heavy atom. The number of allylic oxidation sites excluding steroid dienone is 8. The predicted molar refractivity (Wildman–Crippen MR) is 253 cm³/mol. The van der Waals surface area contributed by atoms with E-state index in [4.69, 9.17) is 0 Å². The van der Waals surface area contributed by atoms with Gasteiger partial charge in [0.2, 0.25) is 5.69 Å². The van der Waals surface area contributed by atoms with Gasteiger partial charge < -0.3 is 19.1 Å². The molecule has 2 aliphatic heterocycles. The molecule has 2 heterocycles. The molecule has 9 nitrogen and oxygen atoms in total. The molecule has 0 spiro atoms. The van der Waals surface area contributed by atoms with Gasteiger partial charge in [-0.25, -0.2) is 16.8 Å². The van der Waals surface area contributed by atoms with Gasteiger partial charge in [0.1, 0.15) is 12.3 Å². The maximum absolute atomic E-state index is 11.5. The van der Waals surface area contributed by atoms with Gasteiger partial charge in [-0.15, -0.1) is 0 Å². The number of phenols is 1. The summed E-state index contributed by atoms with van der Waals surface area (Å²) in [6.07, 6.45) is 13.1. The monoisotopic (exact) mass is 906 g/mol. The van der Waals surface area contributed by atoms with Crippen molar-refractivity contribution in [3.63, 3.8) is 0 Å². The van der Waals surface area contributed by atoms with E-state index in [0.717, 1.165) is 75.1 Å². The molecule has 3 aliphatic rings. The van der Waals surface area contributed by atoms with Crippen LogP contribution < -0.4 is 34.5 Å². The maximum Gasteiger partial charge on any atom is 1.00 e. The number of fused-ring (bicyclic) bond motifs is 6. The van der Waals surface area contributed by atoms with Crippen molar-refractivity contribution < 1.29 is 65.2 Å². The molecule has 0 radical (unpaired) electrons. The molecule has 1 aliphatic carbocycles. The van der Waals surface area contributed by atoms with Crippen molar-refractivity contribution in [2.24, 2.45) is 0 Å². The third-order valence-corrected chi connectivity index (χ3v) is 14.7. The first-order chi connectivity index (χ1) is 29.9. The van der Waals surface area contributed by atoms with Gasteiger partial charge in [0.15, 0.2) is 5.71 Å². The average molecular weight is 907 g/mol. The summed E-state index contributed by atoms with van der Waals surface area (Å²) in [4.78, 5) is 2.30. The Hall–Kier alpha value is -4.33. The largest absolute Gasteiger partial charge is 1.00 e. The van der Waals surface area contributed by atoms with Crippen LogP contribution in [-0.2, 0) is 31.1 Å². The Morgan fingerprint density at radius 3 is 1.95 bits per heavy atom. The summed E-state index contributed by atoms with van der Waals surface area (Å²) in [7, 11) is -8.63. The van der Waals surface area contributed by atoms with Crippen LogP contribution in [0.15, 0.2) is 138 Å². The topological polar surface area (TPSA) is 141 Å². The zero-order chi connectivity index (χ0) is 44.7. The molecule has 8 rings (SSSR count). The standard InChI is InChI=1S/C52H56N2O7S2.Na/c1-51(2)46(53(32-9-11-34-62(56,57)58)44-28-22-36-14-5-7-18-42(36)49(44)51)30-24-38-16-13-17-39(48(38)40-20-26-41(55)27-21-40)25-31-47-52(3,4)50-43-19-8-6-15-37(43)23-29-45(50)54(47)33-10-12-35-63(59,60)61;/h5-8,14-15,18-31H,9-13,16-17,32-35H2,1-4H3,(H2,56,57,58,59,60,61);/q;+1/p-1/b38-24+,46-30+;. The Labute approximate surface area is 400 Å². The van der Waals surface area contributed by atoms with Crippen molar-refractivity contribution in [3.8, 4) is 5.75 Å². The average Bonchev–Trinajstić information content (AvgIpc) is 3.60. The van der Waals surface area contributed by atoms with Gasteiger partial charge in [-0.2, -0.15) is 4.58 Å². The van der Waals surface area contributed by atoms with Crippen molar-refractivity contribution >= 4 is 64.4 Å². The molecule has 5 aromatic carbocycles. The molecule has 328 valence electrons. The van der Waals surface area contributed by atoms with Gasteiger partial charge in [0.05, 0.1) is 25.7 Å². The SMILES string of the molecule is CC1(C)C(/C=C/C2=C(c3ccc(O)cc3)C(=C/C=C3/N(CCCCS(=O)(=O)[O-])c4ccc5ccccc5c4C3(C)C)/CCC2)=[N+](CCCCS(=O)(=O)[O-])c2ccc3ccccc3c21.[Na+]. The summed E-state index contributed by atoms with van der Waals surface area (Å²) >= 11 is 0. The number of anilines is 1. The maximum atomic E-state index is 11.5. The second-order valence-electron chi connectivity index (χ2n) is 18.1. The molecular weight excluding hydrogens is 852 g/mol. The molecule has 0 atom stereocenters. The van der Waals surface area contributed by atoms with E-state index in [1.54, 1.807) is 12.1 Å². The molecule has 0 saturated heterocycles. The summed E-state index contributed by atoms with van der Waals surface area (Å²) < 4.78 is 71.4. The molecule has 0 bridgehead atoms. The van der Waals surface area contributed by atoms with Gasteiger partial charge in [-0.05, 0) is 132 Å². The predicted octanol–water partition coefficient (Wildman–Crippen LogP) is 7.53. The van der Waals surface area contributed by atoms with E-state index in [1.165, 1.54) is 21.9 Å². The van der Waals surface area contributed by atoms with Gasteiger partial charge in [-0.1, -0.05) is 92.7 Å². The Bertz CT molecular complexity index is 3000. The number of benzene rings is 5. The van der Waals surface area contributed by atoms with Crippen LogP contribution in [0, 0.1) is 0 Å². The van der Waals surface area contributed by atoms with Gasteiger partial charge in [0, 0.05) is 59.0 Å². The van der Waals surface area contributed by atoms with E-state index in [-0.39, 0.29) is 48.1 Å². The van der Waals surface area contributed by atoms with Crippen LogP contribution >= 0.6 is 0 Å². The number of phenolic OH excluding ortho intramolecular Hbond substituents is 1. The first kappa shape index (κ1) is 47.6. The summed E-state index contributed by atoms with van der Waals surface area (Å²) in [5, 5.41) is 15.0. The van der Waals surface area contributed by atoms with Crippen LogP contribution in [0.4, 0.5) is 11.4 Å². The van der Waals surface area contributed by atoms with Crippen LogP contribution in [0.1, 0.15) is 89.3 Å². The molecule has 5 aromatic rings. The molecule has 0 aromatic heterocycles. The van der Waals surface area contributed by atoms with Crippen LogP contribution in [-0.4, -0.2) is 65.9 Å². The molecule has 0 amide bonds. The molecule has 64 heavy (non-hydrogen) atoms.